The molecule has 0 heterocycles. The van der Waals surface area contributed by atoms with E-state index in [0.717, 1.165) is 0 Å². The van der Waals surface area contributed by atoms with Crippen LogP contribution in [-0.2, 0) is 14.8 Å². The van der Waals surface area contributed by atoms with Gasteiger partial charge in [-0.2, -0.15) is 4.31 Å². The fourth-order valence-electron chi connectivity index (χ4n) is 1.72. The van der Waals surface area contributed by atoms with E-state index < -0.39 is 10.0 Å². The molecule has 1 rings (SSSR count). The summed E-state index contributed by atoms with van der Waals surface area (Å²) in [5, 5.41) is 0.148. The van der Waals surface area contributed by atoms with Gasteiger partial charge >= 0.3 is 0 Å². The minimum Gasteiger partial charge on any atom is -0.383 e. The van der Waals surface area contributed by atoms with Gasteiger partial charge in [0.05, 0.1) is 18.2 Å². The van der Waals surface area contributed by atoms with E-state index in [9.17, 15) is 8.42 Å². The number of sulfonamides is 1. The van der Waals surface area contributed by atoms with Crippen molar-refractivity contribution >= 4 is 21.6 Å². The Labute approximate surface area is 131 Å². The van der Waals surface area contributed by atoms with Gasteiger partial charge < -0.3 is 10.5 Å². The van der Waals surface area contributed by atoms with Crippen LogP contribution < -0.4 is 5.73 Å². The minimum absolute atomic E-state index is 0.0698. The molecule has 0 aliphatic rings. The Kier molecular flexibility index (Phi) is 7.15. The maximum Gasteiger partial charge on any atom is 0.244 e. The number of hydrogen-bond acceptors (Lipinski definition) is 4. The largest absolute Gasteiger partial charge is 0.383 e. The summed E-state index contributed by atoms with van der Waals surface area (Å²) in [6, 6.07) is 4.61. The van der Waals surface area contributed by atoms with Crippen LogP contribution in [0.4, 0.5) is 0 Å². The Morgan fingerprint density at radius 3 is 2.67 bits per heavy atom. The van der Waals surface area contributed by atoms with E-state index in [-0.39, 0.29) is 23.0 Å². The molecular weight excluding hydrogens is 312 g/mol. The number of nitrogens with two attached hydrogens (primary N) is 1. The number of benzene rings is 1. The van der Waals surface area contributed by atoms with Gasteiger partial charge in [-0.15, -0.1) is 0 Å². The van der Waals surface area contributed by atoms with E-state index in [1.165, 1.54) is 23.5 Å². The van der Waals surface area contributed by atoms with Crippen LogP contribution in [0.1, 0.15) is 12.5 Å². The van der Waals surface area contributed by atoms with Gasteiger partial charge in [0, 0.05) is 25.8 Å². The quantitative estimate of drug-likeness (QED) is 0.798. The molecule has 2 N–H and O–H groups in total. The smallest absolute Gasteiger partial charge is 0.244 e. The van der Waals surface area contributed by atoms with Crippen molar-refractivity contribution in [2.45, 2.75) is 11.8 Å². The SMILES string of the molecule is CCN(CCOC)S(=O)(=O)c1ccc(C#CCN)cc1Cl. The van der Waals surface area contributed by atoms with Crippen LogP contribution >= 0.6 is 11.6 Å². The second-order valence-electron chi connectivity index (χ2n) is 4.14. The lowest BCUT2D eigenvalue weighted by atomic mass is 10.2. The molecule has 7 heteroatoms. The molecule has 1 aromatic carbocycles. The molecule has 0 radical (unpaired) electrons. The molecule has 21 heavy (non-hydrogen) atoms. The predicted octanol–water partition coefficient (Wildman–Crippen LogP) is 1.31. The molecule has 0 atom stereocenters. The van der Waals surface area contributed by atoms with E-state index in [0.29, 0.717) is 18.7 Å². The Morgan fingerprint density at radius 1 is 1.43 bits per heavy atom. The molecule has 0 aliphatic heterocycles. The first-order chi connectivity index (χ1) is 9.97. The zero-order chi connectivity index (χ0) is 15.9. The van der Waals surface area contributed by atoms with Crippen molar-refractivity contribution in [3.8, 4) is 11.8 Å². The third-order valence-corrected chi connectivity index (χ3v) is 5.24. The molecule has 5 nitrogen and oxygen atoms in total. The zero-order valence-electron chi connectivity index (χ0n) is 12.1. The van der Waals surface area contributed by atoms with E-state index in [1.54, 1.807) is 13.0 Å². The van der Waals surface area contributed by atoms with E-state index >= 15 is 0 Å². The topological polar surface area (TPSA) is 72.6 Å². The van der Waals surface area contributed by atoms with Gasteiger partial charge in [-0.05, 0) is 18.2 Å². The van der Waals surface area contributed by atoms with Gasteiger partial charge in [0.25, 0.3) is 0 Å². The molecule has 0 fully saturated rings. The second kappa shape index (κ2) is 8.37. The molecule has 0 spiro atoms. The van der Waals surface area contributed by atoms with Crippen molar-refractivity contribution in [1.82, 2.24) is 4.31 Å². The van der Waals surface area contributed by atoms with E-state index in [4.69, 9.17) is 22.1 Å². The number of nitrogens with zero attached hydrogens (tertiary/aromatic N) is 1. The van der Waals surface area contributed by atoms with Crippen LogP contribution in [0.3, 0.4) is 0 Å². The highest BCUT2D eigenvalue weighted by Crippen LogP contribution is 2.25. The van der Waals surface area contributed by atoms with Gasteiger partial charge in [-0.25, -0.2) is 8.42 Å². The average Bonchev–Trinajstić information content (AvgIpc) is 2.45. The summed E-state index contributed by atoms with van der Waals surface area (Å²) < 4.78 is 31.3. The first kappa shape index (κ1) is 18.0. The number of methoxy groups -OCH3 is 1. The number of likely N-dealkylation sites (N-methyl/N-ethyl adjacent to an activating group) is 1. The summed E-state index contributed by atoms with van der Waals surface area (Å²) in [6.07, 6.45) is 0. The van der Waals surface area contributed by atoms with Crippen molar-refractivity contribution in [2.75, 3.05) is 33.4 Å². The van der Waals surface area contributed by atoms with Crippen molar-refractivity contribution in [3.05, 3.63) is 28.8 Å². The highest BCUT2D eigenvalue weighted by Gasteiger charge is 2.25. The Morgan fingerprint density at radius 2 is 2.14 bits per heavy atom. The van der Waals surface area contributed by atoms with E-state index in [2.05, 4.69) is 11.8 Å². The van der Waals surface area contributed by atoms with Crippen molar-refractivity contribution in [1.29, 1.82) is 0 Å². The van der Waals surface area contributed by atoms with Crippen LogP contribution in [-0.4, -0.2) is 46.1 Å². The molecular formula is C14H19ClN2O3S. The normalized spacial score (nSPS) is 11.3. The van der Waals surface area contributed by atoms with Gasteiger partial charge in [0.1, 0.15) is 4.90 Å². The third kappa shape index (κ3) is 4.70. The fraction of sp³-hybridized carbons (Fsp3) is 0.429. The van der Waals surface area contributed by atoms with Crippen LogP contribution in [0.25, 0.3) is 0 Å². The average molecular weight is 331 g/mol. The Bertz CT molecular complexity index is 635. The standard InChI is InChI=1S/C14H19ClN2O3S/c1-3-17(9-10-20-2)21(18,19)14-7-6-12(5-4-8-16)11-13(14)15/h6-7,11H,3,8-10,16H2,1-2H3. The van der Waals surface area contributed by atoms with Gasteiger partial charge in [0.2, 0.25) is 10.0 Å². The third-order valence-electron chi connectivity index (χ3n) is 2.78. The Balaban J connectivity index is 3.13. The van der Waals surface area contributed by atoms with Gasteiger partial charge in [-0.1, -0.05) is 30.4 Å². The molecule has 0 bridgehead atoms. The lowest BCUT2D eigenvalue weighted by Gasteiger charge is -2.20. The monoisotopic (exact) mass is 330 g/mol. The Hall–Kier alpha value is -1.10. The molecule has 0 aromatic heterocycles. The summed E-state index contributed by atoms with van der Waals surface area (Å²) in [6.45, 7) is 2.95. The zero-order valence-corrected chi connectivity index (χ0v) is 13.7. The predicted molar refractivity (Wildman–Crippen MR) is 83.7 cm³/mol. The number of rotatable bonds is 6. The maximum absolute atomic E-state index is 12.5. The second-order valence-corrected chi connectivity index (χ2v) is 6.45. The van der Waals surface area contributed by atoms with Crippen molar-refractivity contribution < 1.29 is 13.2 Å². The first-order valence-corrected chi connectivity index (χ1v) is 8.26. The highest BCUT2D eigenvalue weighted by molar-refractivity contribution is 7.89. The lowest BCUT2D eigenvalue weighted by molar-refractivity contribution is 0.180. The van der Waals surface area contributed by atoms with Crippen LogP contribution in [0, 0.1) is 11.8 Å². The summed E-state index contributed by atoms with van der Waals surface area (Å²) in [5.74, 6) is 5.51. The summed E-state index contributed by atoms with van der Waals surface area (Å²) in [4.78, 5) is 0.0698. The van der Waals surface area contributed by atoms with Crippen LogP contribution in [0.5, 0.6) is 0 Å². The minimum atomic E-state index is -3.64. The molecule has 0 amide bonds. The van der Waals surface area contributed by atoms with Crippen molar-refractivity contribution in [2.24, 2.45) is 5.73 Å². The molecule has 0 aliphatic carbocycles. The summed E-state index contributed by atoms with van der Waals surface area (Å²) >= 11 is 6.09. The van der Waals surface area contributed by atoms with Crippen LogP contribution in [0.15, 0.2) is 23.1 Å². The van der Waals surface area contributed by atoms with E-state index in [1.807, 2.05) is 0 Å². The maximum atomic E-state index is 12.5. The van der Waals surface area contributed by atoms with Crippen LogP contribution in [0.2, 0.25) is 5.02 Å². The lowest BCUT2D eigenvalue weighted by Crippen LogP contribution is -2.33. The summed E-state index contributed by atoms with van der Waals surface area (Å²) in [7, 11) is -2.12. The highest BCUT2D eigenvalue weighted by atomic mass is 35.5. The number of ether oxygens (including phenoxy) is 1. The number of halogens is 1. The number of hydrogen-bond donors (Lipinski definition) is 1. The molecule has 0 saturated heterocycles. The van der Waals surface area contributed by atoms with Crippen molar-refractivity contribution in [3.63, 3.8) is 0 Å². The summed E-state index contributed by atoms with van der Waals surface area (Å²) in [5.41, 5.74) is 5.93. The van der Waals surface area contributed by atoms with Gasteiger partial charge in [-0.3, -0.25) is 0 Å². The molecule has 116 valence electrons. The first-order valence-electron chi connectivity index (χ1n) is 6.45. The molecule has 0 unspecified atom stereocenters. The van der Waals surface area contributed by atoms with Gasteiger partial charge in [0.15, 0.2) is 0 Å². The molecule has 0 saturated carbocycles. The molecule has 1 aromatic rings. The fourth-order valence-corrected chi connectivity index (χ4v) is 3.67.